The lowest BCUT2D eigenvalue weighted by Crippen LogP contribution is -2.44. The van der Waals surface area contributed by atoms with Crippen LogP contribution in [0.5, 0.6) is 5.75 Å². The summed E-state index contributed by atoms with van der Waals surface area (Å²) in [5, 5.41) is 3.82. The highest BCUT2D eigenvalue weighted by Crippen LogP contribution is 2.32. The molecule has 0 bridgehead atoms. The highest BCUT2D eigenvalue weighted by atomic mass is 35.5. The zero-order valence-electron chi connectivity index (χ0n) is 17.5. The molecule has 10 heteroatoms. The minimum absolute atomic E-state index is 0.0134. The van der Waals surface area contributed by atoms with Crippen LogP contribution in [0.3, 0.4) is 0 Å². The fourth-order valence-electron chi connectivity index (χ4n) is 3.59. The molecule has 2 heterocycles. The Bertz CT molecular complexity index is 1150. The van der Waals surface area contributed by atoms with E-state index >= 15 is 0 Å². The Labute approximate surface area is 189 Å². The number of morpholine rings is 1. The van der Waals surface area contributed by atoms with Crippen molar-refractivity contribution in [3.8, 4) is 5.75 Å². The average Bonchev–Trinajstić information content (AvgIpc) is 2.74. The first-order valence-corrected chi connectivity index (χ1v) is 10.6. The molecule has 8 nitrogen and oxygen atoms in total. The number of ether oxygens (including phenoxy) is 2. The number of rotatable bonds is 7. The number of hydrogen-bond donors (Lipinski definition) is 2. The summed E-state index contributed by atoms with van der Waals surface area (Å²) >= 11 is 5.86. The van der Waals surface area contributed by atoms with Gasteiger partial charge in [-0.2, -0.15) is 0 Å². The van der Waals surface area contributed by atoms with Crippen molar-refractivity contribution >= 4 is 45.7 Å². The lowest BCUT2D eigenvalue weighted by molar-refractivity contribution is -0.157. The quantitative estimate of drug-likeness (QED) is 0.313. The van der Waals surface area contributed by atoms with Crippen molar-refractivity contribution in [1.82, 2.24) is 14.9 Å². The fraction of sp³-hybridized carbons (Fsp3) is 0.318. The molecule has 0 radical (unpaired) electrons. The maximum atomic E-state index is 13.4. The molecule has 0 saturated carbocycles. The van der Waals surface area contributed by atoms with Gasteiger partial charge in [-0.25, -0.2) is 14.4 Å². The van der Waals surface area contributed by atoms with Crippen LogP contribution >= 0.6 is 11.6 Å². The van der Waals surface area contributed by atoms with Crippen LogP contribution < -0.4 is 15.8 Å². The van der Waals surface area contributed by atoms with Crippen LogP contribution in [-0.2, 0) is 9.53 Å². The van der Waals surface area contributed by atoms with Gasteiger partial charge in [-0.1, -0.05) is 11.6 Å². The predicted molar refractivity (Wildman–Crippen MR) is 121 cm³/mol. The summed E-state index contributed by atoms with van der Waals surface area (Å²) in [5.74, 6) is 0.349. The molecular weight excluding hydrogens is 437 g/mol. The molecule has 3 N–H and O–H groups in total. The smallest absolute Gasteiger partial charge is 0.320 e. The molecule has 32 heavy (non-hydrogen) atoms. The third-order valence-corrected chi connectivity index (χ3v) is 5.32. The number of anilines is 3. The third-order valence-electron chi connectivity index (χ3n) is 5.03. The van der Waals surface area contributed by atoms with Crippen molar-refractivity contribution < 1.29 is 18.7 Å². The van der Waals surface area contributed by atoms with Crippen molar-refractivity contribution in [1.29, 1.82) is 0 Å². The van der Waals surface area contributed by atoms with E-state index in [0.717, 1.165) is 19.5 Å². The zero-order valence-corrected chi connectivity index (χ0v) is 18.2. The summed E-state index contributed by atoms with van der Waals surface area (Å²) in [7, 11) is 0. The number of fused-ring (bicyclic) bond motifs is 1. The van der Waals surface area contributed by atoms with Crippen LogP contribution in [0.4, 0.5) is 21.6 Å². The van der Waals surface area contributed by atoms with Crippen LogP contribution in [0.15, 0.2) is 36.7 Å². The summed E-state index contributed by atoms with van der Waals surface area (Å²) in [5.41, 5.74) is 7.89. The van der Waals surface area contributed by atoms with Crippen molar-refractivity contribution in [2.45, 2.75) is 19.4 Å². The average molecular weight is 460 g/mol. The molecule has 2 aromatic carbocycles. The highest BCUT2D eigenvalue weighted by Gasteiger charge is 2.22. The number of nitrogens with one attached hydrogen (secondary N) is 1. The minimum atomic E-state index is -0.495. The normalized spacial score (nSPS) is 16.7. The van der Waals surface area contributed by atoms with Gasteiger partial charge in [-0.15, -0.1) is 0 Å². The molecule has 4 rings (SSSR count). The predicted octanol–water partition coefficient (Wildman–Crippen LogP) is 3.76. The fourth-order valence-corrected chi connectivity index (χ4v) is 3.77. The van der Waals surface area contributed by atoms with E-state index < -0.39 is 5.82 Å². The van der Waals surface area contributed by atoms with Crippen LogP contribution in [0, 0.1) is 5.82 Å². The Morgan fingerprint density at radius 1 is 1.34 bits per heavy atom. The molecular formula is C22H23ClFN5O3. The summed E-state index contributed by atoms with van der Waals surface area (Å²) in [6.07, 6.45) is 2.06. The maximum absolute atomic E-state index is 13.4. The van der Waals surface area contributed by atoms with Crippen molar-refractivity contribution in [2.75, 3.05) is 37.3 Å². The van der Waals surface area contributed by atoms with E-state index in [1.54, 1.807) is 18.2 Å². The van der Waals surface area contributed by atoms with Gasteiger partial charge in [0.05, 0.1) is 29.4 Å². The van der Waals surface area contributed by atoms with E-state index in [1.165, 1.54) is 18.5 Å². The van der Waals surface area contributed by atoms with Gasteiger partial charge in [0, 0.05) is 30.2 Å². The number of carbonyl (C=O) groups excluding carboxylic acids is 1. The number of hydrogen-bond acceptors (Lipinski definition) is 8. The summed E-state index contributed by atoms with van der Waals surface area (Å²) in [6, 6.07) is 7.82. The number of nitrogens with zero attached hydrogens (tertiary/aromatic N) is 3. The number of halogens is 2. The minimum Gasteiger partial charge on any atom is -0.491 e. The molecule has 1 fully saturated rings. The second-order valence-corrected chi connectivity index (χ2v) is 8.03. The first-order chi connectivity index (χ1) is 15.4. The number of aromatic nitrogens is 2. The zero-order chi connectivity index (χ0) is 22.7. The summed E-state index contributed by atoms with van der Waals surface area (Å²) in [6.45, 7) is 4.07. The Kier molecular flexibility index (Phi) is 6.57. The Hall–Kier alpha value is -3.17. The van der Waals surface area contributed by atoms with E-state index in [4.69, 9.17) is 26.8 Å². The Balaban J connectivity index is 1.42. The first kappa shape index (κ1) is 22.0. The van der Waals surface area contributed by atoms with Gasteiger partial charge < -0.3 is 20.5 Å². The number of nitrogens with two attached hydrogens (primary N) is 1. The molecule has 168 valence electrons. The SMILES string of the molecule is C[C@H]1CN(CCCOc2cc3ncnc(Nc4ccc(F)c(Cl)c4)c3cc2N)CC(=O)O1. The first-order valence-electron chi connectivity index (χ1n) is 10.2. The summed E-state index contributed by atoms with van der Waals surface area (Å²) in [4.78, 5) is 22.2. The van der Waals surface area contributed by atoms with Crippen LogP contribution in [0.25, 0.3) is 10.9 Å². The second kappa shape index (κ2) is 9.54. The Morgan fingerprint density at radius 3 is 2.97 bits per heavy atom. The molecule has 0 amide bonds. The number of cyclic esters (lactones) is 1. The monoisotopic (exact) mass is 459 g/mol. The molecule has 1 aromatic heterocycles. The number of benzene rings is 2. The van der Waals surface area contributed by atoms with E-state index in [0.29, 0.717) is 47.0 Å². The Morgan fingerprint density at radius 2 is 2.19 bits per heavy atom. The van der Waals surface area contributed by atoms with Crippen LogP contribution in [-0.4, -0.2) is 53.2 Å². The maximum Gasteiger partial charge on any atom is 0.320 e. The van der Waals surface area contributed by atoms with Crippen molar-refractivity contribution in [3.05, 3.63) is 47.5 Å². The van der Waals surface area contributed by atoms with Gasteiger partial charge in [0.25, 0.3) is 0 Å². The molecule has 3 aromatic rings. The van der Waals surface area contributed by atoms with Gasteiger partial charge in [-0.3, -0.25) is 9.69 Å². The van der Waals surface area contributed by atoms with Crippen molar-refractivity contribution in [3.63, 3.8) is 0 Å². The molecule has 0 aliphatic carbocycles. The molecule has 0 spiro atoms. The second-order valence-electron chi connectivity index (χ2n) is 7.62. The van der Waals surface area contributed by atoms with Gasteiger partial charge in [0.15, 0.2) is 0 Å². The van der Waals surface area contributed by atoms with E-state index in [-0.39, 0.29) is 17.1 Å². The lowest BCUT2D eigenvalue weighted by Gasteiger charge is -2.30. The lowest BCUT2D eigenvalue weighted by atomic mass is 10.2. The molecule has 1 atom stereocenters. The van der Waals surface area contributed by atoms with Crippen molar-refractivity contribution in [2.24, 2.45) is 0 Å². The molecule has 1 saturated heterocycles. The largest absolute Gasteiger partial charge is 0.491 e. The van der Waals surface area contributed by atoms with Gasteiger partial charge >= 0.3 is 5.97 Å². The van der Waals surface area contributed by atoms with E-state index in [2.05, 4.69) is 20.2 Å². The van der Waals surface area contributed by atoms with E-state index in [1.807, 2.05) is 6.92 Å². The van der Waals surface area contributed by atoms with Crippen LogP contribution in [0.1, 0.15) is 13.3 Å². The topological polar surface area (TPSA) is 103 Å². The molecule has 0 unspecified atom stereocenters. The standard InChI is InChI=1S/C22H23ClFN5O3/c1-13-10-29(11-21(30)32-13)5-2-6-31-20-9-19-15(8-18(20)25)22(27-12-26-19)28-14-3-4-17(24)16(23)7-14/h3-4,7-9,12-13H,2,5-6,10-11,25H2,1H3,(H,26,27,28)/t13-/m0/s1. The molecule has 1 aliphatic rings. The van der Waals surface area contributed by atoms with Gasteiger partial charge in [0.1, 0.15) is 29.8 Å². The van der Waals surface area contributed by atoms with E-state index in [9.17, 15) is 9.18 Å². The number of carbonyl (C=O) groups is 1. The van der Waals surface area contributed by atoms with Gasteiger partial charge in [-0.05, 0) is 37.6 Å². The highest BCUT2D eigenvalue weighted by molar-refractivity contribution is 6.31. The van der Waals surface area contributed by atoms with Crippen LogP contribution in [0.2, 0.25) is 5.02 Å². The molecule has 1 aliphatic heterocycles. The summed E-state index contributed by atoms with van der Waals surface area (Å²) < 4.78 is 24.4. The number of nitrogen functional groups attached to an aromatic ring is 1. The number of esters is 1. The van der Waals surface area contributed by atoms with Gasteiger partial charge in [0.2, 0.25) is 0 Å². The third kappa shape index (κ3) is 5.17.